The van der Waals surface area contributed by atoms with Crippen LogP contribution < -0.4 is 5.73 Å². The van der Waals surface area contributed by atoms with Crippen molar-refractivity contribution in [2.24, 2.45) is 5.73 Å². The van der Waals surface area contributed by atoms with Crippen molar-refractivity contribution in [1.82, 2.24) is 4.98 Å². The lowest BCUT2D eigenvalue weighted by Crippen LogP contribution is -2.23. The maximum atomic E-state index is 12.5. The van der Waals surface area contributed by atoms with Gasteiger partial charge in [-0.3, -0.25) is 10.4 Å². The SMILES string of the molecule is COC(c1ccnc(C(=N)N)c1)C(F)(F)F. The second-order valence-corrected chi connectivity index (χ2v) is 3.05. The average Bonchev–Trinajstić information content (AvgIpc) is 2.17. The number of aromatic nitrogens is 1. The minimum Gasteiger partial charge on any atom is -0.382 e. The number of hydrogen-bond donors (Lipinski definition) is 2. The number of nitrogens with zero attached hydrogens (tertiary/aromatic N) is 1. The molecule has 4 nitrogen and oxygen atoms in total. The Morgan fingerprint density at radius 1 is 1.56 bits per heavy atom. The fourth-order valence-corrected chi connectivity index (χ4v) is 1.22. The molecule has 1 heterocycles. The van der Waals surface area contributed by atoms with Gasteiger partial charge in [0.25, 0.3) is 0 Å². The molecule has 3 N–H and O–H groups in total. The first-order valence-corrected chi connectivity index (χ1v) is 4.26. The second-order valence-electron chi connectivity index (χ2n) is 3.05. The van der Waals surface area contributed by atoms with Gasteiger partial charge in [-0.1, -0.05) is 0 Å². The fraction of sp³-hybridized carbons (Fsp3) is 0.333. The smallest absolute Gasteiger partial charge is 0.382 e. The standard InChI is InChI=1S/C9H10F3N3O/c1-16-7(9(10,11)12)5-2-3-15-6(4-5)8(13)14/h2-4,7H,1H3,(H3,13,14). The molecule has 1 rings (SSSR count). The molecule has 16 heavy (non-hydrogen) atoms. The van der Waals surface area contributed by atoms with E-state index in [2.05, 4.69) is 9.72 Å². The van der Waals surface area contributed by atoms with Gasteiger partial charge in [0.15, 0.2) is 6.10 Å². The van der Waals surface area contributed by atoms with Crippen molar-refractivity contribution in [3.63, 3.8) is 0 Å². The Bertz CT molecular complexity index is 392. The number of methoxy groups -OCH3 is 1. The number of hydrogen-bond acceptors (Lipinski definition) is 3. The van der Waals surface area contributed by atoms with Gasteiger partial charge >= 0.3 is 6.18 Å². The molecule has 0 aliphatic carbocycles. The van der Waals surface area contributed by atoms with Crippen molar-refractivity contribution < 1.29 is 17.9 Å². The van der Waals surface area contributed by atoms with Gasteiger partial charge in [0.1, 0.15) is 11.5 Å². The van der Waals surface area contributed by atoms with Crippen molar-refractivity contribution in [3.8, 4) is 0 Å². The maximum Gasteiger partial charge on any atom is 0.418 e. The highest BCUT2D eigenvalue weighted by Gasteiger charge is 2.41. The highest BCUT2D eigenvalue weighted by Crippen LogP contribution is 2.35. The van der Waals surface area contributed by atoms with Gasteiger partial charge in [-0.2, -0.15) is 13.2 Å². The quantitative estimate of drug-likeness (QED) is 0.615. The van der Waals surface area contributed by atoms with E-state index in [4.69, 9.17) is 11.1 Å². The van der Waals surface area contributed by atoms with Crippen LogP contribution in [0.5, 0.6) is 0 Å². The summed E-state index contributed by atoms with van der Waals surface area (Å²) in [5, 5.41) is 7.08. The van der Waals surface area contributed by atoms with Crippen LogP contribution in [0.2, 0.25) is 0 Å². The van der Waals surface area contributed by atoms with Crippen molar-refractivity contribution in [2.45, 2.75) is 12.3 Å². The lowest BCUT2D eigenvalue weighted by molar-refractivity contribution is -0.216. The molecular weight excluding hydrogens is 223 g/mol. The molecule has 0 bridgehead atoms. The molecule has 0 radical (unpaired) electrons. The first-order valence-electron chi connectivity index (χ1n) is 4.26. The third-order valence-corrected chi connectivity index (χ3v) is 1.90. The summed E-state index contributed by atoms with van der Waals surface area (Å²) in [6.45, 7) is 0. The van der Waals surface area contributed by atoms with E-state index in [9.17, 15) is 13.2 Å². The summed E-state index contributed by atoms with van der Waals surface area (Å²) in [6.07, 6.45) is -5.39. The summed E-state index contributed by atoms with van der Waals surface area (Å²) in [5.74, 6) is -0.390. The van der Waals surface area contributed by atoms with Crippen LogP contribution >= 0.6 is 0 Å². The van der Waals surface area contributed by atoms with Crippen molar-refractivity contribution in [3.05, 3.63) is 29.6 Å². The van der Waals surface area contributed by atoms with Crippen LogP contribution in [0.3, 0.4) is 0 Å². The van der Waals surface area contributed by atoms with E-state index >= 15 is 0 Å². The number of nitrogens with one attached hydrogen (secondary N) is 1. The summed E-state index contributed by atoms with van der Waals surface area (Å²) in [7, 11) is 0.964. The molecule has 0 saturated heterocycles. The van der Waals surface area contributed by atoms with Gasteiger partial charge < -0.3 is 10.5 Å². The van der Waals surface area contributed by atoms with Gasteiger partial charge in [0.2, 0.25) is 0 Å². The van der Waals surface area contributed by atoms with E-state index in [1.165, 1.54) is 6.07 Å². The van der Waals surface area contributed by atoms with E-state index in [0.29, 0.717) is 0 Å². The minimum atomic E-state index is -4.51. The van der Waals surface area contributed by atoms with Gasteiger partial charge in [-0.15, -0.1) is 0 Å². The summed E-state index contributed by atoms with van der Waals surface area (Å²) >= 11 is 0. The van der Waals surface area contributed by atoms with Crippen LogP contribution in [0, 0.1) is 5.41 Å². The lowest BCUT2D eigenvalue weighted by atomic mass is 10.1. The highest BCUT2D eigenvalue weighted by molar-refractivity contribution is 5.93. The molecule has 7 heteroatoms. The molecule has 0 aliphatic heterocycles. The molecule has 88 valence electrons. The molecule has 0 fully saturated rings. The topological polar surface area (TPSA) is 72.0 Å². The Kier molecular flexibility index (Phi) is 3.48. The molecule has 1 atom stereocenters. The molecule has 0 saturated carbocycles. The molecular formula is C9H10F3N3O. The number of ether oxygens (including phenoxy) is 1. The van der Waals surface area contributed by atoms with Gasteiger partial charge in [-0.25, -0.2) is 0 Å². The normalized spacial score (nSPS) is 13.5. The summed E-state index contributed by atoms with van der Waals surface area (Å²) in [4.78, 5) is 3.67. The number of nitrogen functional groups attached to an aromatic ring is 1. The van der Waals surface area contributed by atoms with E-state index < -0.39 is 12.3 Å². The number of nitrogens with two attached hydrogens (primary N) is 1. The van der Waals surface area contributed by atoms with Gasteiger partial charge in [-0.05, 0) is 17.7 Å². The Morgan fingerprint density at radius 2 is 2.19 bits per heavy atom. The zero-order valence-electron chi connectivity index (χ0n) is 8.38. The number of alkyl halides is 3. The van der Waals surface area contributed by atoms with Crippen LogP contribution in [0.15, 0.2) is 18.3 Å². The zero-order valence-corrected chi connectivity index (χ0v) is 8.38. The third kappa shape index (κ3) is 2.69. The Morgan fingerprint density at radius 3 is 2.62 bits per heavy atom. The van der Waals surface area contributed by atoms with E-state index in [-0.39, 0.29) is 17.1 Å². The molecule has 1 unspecified atom stereocenters. The number of halogens is 3. The largest absolute Gasteiger partial charge is 0.418 e. The molecule has 1 aromatic heterocycles. The summed E-state index contributed by atoms with van der Waals surface area (Å²) < 4.78 is 41.9. The molecule has 0 aromatic carbocycles. The van der Waals surface area contributed by atoms with Crippen LogP contribution in [0.4, 0.5) is 13.2 Å². The van der Waals surface area contributed by atoms with E-state index in [0.717, 1.165) is 19.4 Å². The van der Waals surface area contributed by atoms with Gasteiger partial charge in [0.05, 0.1) is 0 Å². The van der Waals surface area contributed by atoms with Crippen molar-refractivity contribution in [2.75, 3.05) is 7.11 Å². The number of pyridine rings is 1. The second kappa shape index (κ2) is 4.48. The summed E-state index contributed by atoms with van der Waals surface area (Å²) in [6, 6.07) is 2.26. The Labute approximate surface area is 89.7 Å². The molecule has 0 spiro atoms. The van der Waals surface area contributed by atoms with Crippen LogP contribution in [-0.4, -0.2) is 24.1 Å². The number of rotatable bonds is 3. The first-order chi connectivity index (χ1) is 7.36. The third-order valence-electron chi connectivity index (χ3n) is 1.90. The van der Waals surface area contributed by atoms with E-state index in [1.54, 1.807) is 0 Å². The summed E-state index contributed by atoms with van der Waals surface area (Å²) in [5.41, 5.74) is 4.99. The van der Waals surface area contributed by atoms with Crippen molar-refractivity contribution >= 4 is 5.84 Å². The monoisotopic (exact) mass is 233 g/mol. The first kappa shape index (κ1) is 12.4. The lowest BCUT2D eigenvalue weighted by Gasteiger charge is -2.19. The molecule has 0 amide bonds. The van der Waals surface area contributed by atoms with Crippen molar-refractivity contribution in [1.29, 1.82) is 5.41 Å². The predicted molar refractivity (Wildman–Crippen MR) is 51.1 cm³/mol. The Hall–Kier alpha value is -1.63. The highest BCUT2D eigenvalue weighted by atomic mass is 19.4. The van der Waals surface area contributed by atoms with Crippen LogP contribution in [0.25, 0.3) is 0 Å². The number of amidine groups is 1. The molecule has 1 aromatic rings. The Balaban J connectivity index is 3.11. The van der Waals surface area contributed by atoms with Gasteiger partial charge in [0, 0.05) is 13.3 Å². The zero-order chi connectivity index (χ0) is 12.3. The average molecular weight is 233 g/mol. The fourth-order valence-electron chi connectivity index (χ4n) is 1.22. The molecule has 0 aliphatic rings. The van der Waals surface area contributed by atoms with Crippen LogP contribution in [0.1, 0.15) is 17.4 Å². The van der Waals surface area contributed by atoms with E-state index in [1.807, 2.05) is 0 Å². The maximum absolute atomic E-state index is 12.5. The minimum absolute atomic E-state index is 0.0104. The predicted octanol–water partition coefficient (Wildman–Crippen LogP) is 1.62. The van der Waals surface area contributed by atoms with Crippen LogP contribution in [-0.2, 0) is 4.74 Å².